The molecule has 3 aliphatic rings. The number of fused-ring (bicyclic) bond motifs is 2. The van der Waals surface area contributed by atoms with Gasteiger partial charge in [-0.25, -0.2) is 8.78 Å². The van der Waals surface area contributed by atoms with Crippen molar-refractivity contribution in [3.05, 3.63) is 52.6 Å². The maximum atomic E-state index is 14.1. The van der Waals surface area contributed by atoms with E-state index in [0.29, 0.717) is 48.2 Å². The highest BCUT2D eigenvalue weighted by Crippen LogP contribution is 2.40. The molecule has 1 aliphatic carbocycles. The summed E-state index contributed by atoms with van der Waals surface area (Å²) < 4.78 is 39.4. The van der Waals surface area contributed by atoms with Gasteiger partial charge in [0.25, 0.3) is 0 Å². The van der Waals surface area contributed by atoms with Crippen LogP contribution < -0.4 is 25.8 Å². The Morgan fingerprint density at radius 3 is 2.85 bits per heavy atom. The van der Waals surface area contributed by atoms with E-state index in [1.165, 1.54) is 25.3 Å². The topological polar surface area (TPSA) is 85.6 Å². The third kappa shape index (κ3) is 4.31. The number of rotatable bonds is 8. The Hall–Kier alpha value is -2.87. The molecular weight excluding hydrogens is 440 g/mol. The molecule has 2 aromatic carbocycles. The summed E-state index contributed by atoms with van der Waals surface area (Å²) >= 11 is 0. The highest BCUT2D eigenvalue weighted by Gasteiger charge is 2.34. The molecule has 0 saturated heterocycles. The number of ether oxygens (including phenoxy) is 2. The van der Waals surface area contributed by atoms with Gasteiger partial charge in [-0.2, -0.15) is 0 Å². The lowest BCUT2D eigenvalue weighted by molar-refractivity contribution is 0.0996. The summed E-state index contributed by atoms with van der Waals surface area (Å²) in [6.45, 7) is 1.09. The van der Waals surface area contributed by atoms with Crippen molar-refractivity contribution in [1.82, 2.24) is 5.32 Å². The van der Waals surface area contributed by atoms with E-state index in [1.807, 2.05) is 0 Å². The van der Waals surface area contributed by atoms with Crippen molar-refractivity contribution in [3.63, 3.8) is 0 Å². The first-order valence-corrected chi connectivity index (χ1v) is 12.1. The van der Waals surface area contributed by atoms with E-state index >= 15 is 0 Å². The Morgan fingerprint density at radius 2 is 2.15 bits per heavy atom. The average Bonchev–Trinajstić information content (AvgIpc) is 3.18. The highest BCUT2D eigenvalue weighted by atomic mass is 19.1. The van der Waals surface area contributed by atoms with Crippen molar-refractivity contribution in [2.24, 2.45) is 11.7 Å². The minimum absolute atomic E-state index is 0.0344. The first-order chi connectivity index (χ1) is 16.4. The van der Waals surface area contributed by atoms with Gasteiger partial charge in [-0.1, -0.05) is 6.42 Å². The predicted octanol–water partition coefficient (Wildman–Crippen LogP) is 4.12. The number of halogens is 2. The van der Waals surface area contributed by atoms with Gasteiger partial charge in [0.05, 0.1) is 12.8 Å². The Morgan fingerprint density at radius 1 is 1.32 bits per heavy atom. The van der Waals surface area contributed by atoms with Crippen LogP contribution in [0.5, 0.6) is 11.5 Å². The number of benzene rings is 2. The Balaban J connectivity index is 1.29. The fourth-order valence-corrected chi connectivity index (χ4v) is 5.63. The summed E-state index contributed by atoms with van der Waals surface area (Å²) in [4.78, 5) is 12.0. The lowest BCUT2D eigenvalue weighted by Gasteiger charge is -2.39. The van der Waals surface area contributed by atoms with Gasteiger partial charge in [-0.3, -0.25) is 4.79 Å². The zero-order chi connectivity index (χ0) is 23.8. The van der Waals surface area contributed by atoms with Crippen LogP contribution in [0.4, 0.5) is 14.5 Å². The van der Waals surface area contributed by atoms with Crippen LogP contribution in [-0.2, 0) is 6.42 Å². The molecule has 8 heteroatoms. The zero-order valence-corrected chi connectivity index (χ0v) is 19.3. The smallest absolute Gasteiger partial charge is 0.249 e. The monoisotopic (exact) mass is 471 g/mol. The normalized spacial score (nSPS) is 22.1. The van der Waals surface area contributed by atoms with Gasteiger partial charge >= 0.3 is 0 Å². The van der Waals surface area contributed by atoms with Crippen molar-refractivity contribution in [3.8, 4) is 11.5 Å². The average molecular weight is 472 g/mol. The number of nitrogens with two attached hydrogens (primary N) is 1. The molecule has 0 spiro atoms. The predicted molar refractivity (Wildman–Crippen MR) is 126 cm³/mol. The number of carbonyl (C=O) groups excluding carboxylic acids is 1. The highest BCUT2D eigenvalue weighted by molar-refractivity contribution is 5.95. The number of anilines is 1. The molecule has 1 saturated carbocycles. The number of primary amides is 1. The molecule has 1 amide bonds. The fourth-order valence-electron chi connectivity index (χ4n) is 5.63. The van der Waals surface area contributed by atoms with Gasteiger partial charge in [0.15, 0.2) is 11.5 Å². The van der Waals surface area contributed by atoms with Crippen LogP contribution in [-0.4, -0.2) is 38.3 Å². The van der Waals surface area contributed by atoms with Crippen molar-refractivity contribution < 1.29 is 23.0 Å². The van der Waals surface area contributed by atoms with E-state index in [1.54, 1.807) is 19.2 Å². The Bertz CT molecular complexity index is 1090. The quantitative estimate of drug-likeness (QED) is 0.539. The Labute approximate surface area is 198 Å². The summed E-state index contributed by atoms with van der Waals surface area (Å²) in [5.74, 6) is 0.308. The molecule has 3 unspecified atom stereocenters. The minimum Gasteiger partial charge on any atom is -0.493 e. The molecule has 4 N–H and O–H groups in total. The molecule has 34 heavy (non-hydrogen) atoms. The molecule has 0 radical (unpaired) electrons. The maximum Gasteiger partial charge on any atom is 0.249 e. The number of hydrogen-bond donors (Lipinski definition) is 3. The van der Waals surface area contributed by atoms with Gasteiger partial charge in [0, 0.05) is 41.7 Å². The van der Waals surface area contributed by atoms with Crippen LogP contribution in [0.3, 0.4) is 0 Å². The largest absolute Gasteiger partial charge is 0.493 e. The van der Waals surface area contributed by atoms with Crippen LogP contribution in [0, 0.1) is 17.6 Å². The number of carbonyl (C=O) groups is 1. The number of methoxy groups -OCH3 is 1. The fraction of sp³-hybridized carbons (Fsp3) is 0.500. The van der Waals surface area contributed by atoms with Crippen molar-refractivity contribution in [2.75, 3.05) is 25.6 Å². The minimum atomic E-state index is -0.530. The van der Waals surface area contributed by atoms with E-state index in [4.69, 9.17) is 15.2 Å². The first kappa shape index (κ1) is 22.9. The van der Waals surface area contributed by atoms with Crippen LogP contribution in [0.1, 0.15) is 59.5 Å². The molecule has 5 rings (SSSR count). The molecule has 6 nitrogen and oxygen atoms in total. The first-order valence-electron chi connectivity index (χ1n) is 12.1. The summed E-state index contributed by atoms with van der Waals surface area (Å²) in [7, 11) is 1.58. The van der Waals surface area contributed by atoms with Crippen LogP contribution in [0.2, 0.25) is 0 Å². The van der Waals surface area contributed by atoms with Crippen molar-refractivity contribution >= 4 is 11.6 Å². The number of nitrogens with one attached hydrogen (secondary N) is 2. The lowest BCUT2D eigenvalue weighted by Crippen LogP contribution is -2.49. The zero-order valence-electron chi connectivity index (χ0n) is 19.3. The van der Waals surface area contributed by atoms with E-state index in [-0.39, 0.29) is 18.0 Å². The van der Waals surface area contributed by atoms with E-state index in [9.17, 15) is 13.6 Å². The number of hydrogen-bond acceptors (Lipinski definition) is 5. The van der Waals surface area contributed by atoms with Crippen LogP contribution in [0.15, 0.2) is 24.3 Å². The van der Waals surface area contributed by atoms with Crippen molar-refractivity contribution in [1.29, 1.82) is 0 Å². The summed E-state index contributed by atoms with van der Waals surface area (Å²) in [5, 5.41) is 6.90. The second-order valence-corrected chi connectivity index (χ2v) is 9.67. The third-order valence-corrected chi connectivity index (χ3v) is 7.63. The number of amides is 1. The molecule has 0 bridgehead atoms. The van der Waals surface area contributed by atoms with Gasteiger partial charge < -0.3 is 25.8 Å². The molecule has 182 valence electrons. The standard InChI is InChI=1S/C26H31F2N3O3/c1-33-23-8-6-18(26(29)32)20-11-17(13-34-25(20)23)31-22(14-3-2-4-14)7-5-15-12-30-24-19(15)9-16(27)10-21(24)28/h6,8-10,14-15,17,22,30-31H,2-5,7,11-13H2,1H3,(H2,29,32). The summed E-state index contributed by atoms with van der Waals surface area (Å²) in [5.41, 5.74) is 8.03. The lowest BCUT2D eigenvalue weighted by atomic mass is 9.76. The van der Waals surface area contributed by atoms with Gasteiger partial charge in [-0.05, 0) is 61.8 Å². The molecule has 3 atom stereocenters. The summed E-state index contributed by atoms with van der Waals surface area (Å²) in [6.07, 6.45) is 5.93. The van der Waals surface area contributed by atoms with Gasteiger partial charge in [-0.15, -0.1) is 0 Å². The molecule has 2 aromatic rings. The van der Waals surface area contributed by atoms with Crippen molar-refractivity contribution in [2.45, 2.75) is 56.5 Å². The van der Waals surface area contributed by atoms with Gasteiger partial charge in [0.1, 0.15) is 18.2 Å². The second kappa shape index (κ2) is 9.41. The van der Waals surface area contributed by atoms with E-state index in [2.05, 4.69) is 10.6 Å². The SMILES string of the molecule is COc1ccc(C(N)=O)c2c1OCC(NC(CCC1CNc3c(F)cc(F)cc31)C1CCC1)C2. The summed E-state index contributed by atoms with van der Waals surface area (Å²) in [6, 6.07) is 6.10. The third-order valence-electron chi connectivity index (χ3n) is 7.63. The van der Waals surface area contributed by atoms with Crippen LogP contribution >= 0.6 is 0 Å². The molecular formula is C26H31F2N3O3. The van der Waals surface area contributed by atoms with E-state index in [0.717, 1.165) is 30.0 Å². The maximum absolute atomic E-state index is 14.1. The van der Waals surface area contributed by atoms with Crippen LogP contribution in [0.25, 0.3) is 0 Å². The molecule has 1 fully saturated rings. The molecule has 0 aromatic heterocycles. The Kier molecular flexibility index (Phi) is 6.34. The molecule has 2 heterocycles. The molecule has 2 aliphatic heterocycles. The second-order valence-electron chi connectivity index (χ2n) is 9.67. The van der Waals surface area contributed by atoms with Gasteiger partial charge in [0.2, 0.25) is 5.91 Å². The van der Waals surface area contributed by atoms with E-state index < -0.39 is 17.5 Å².